The van der Waals surface area contributed by atoms with Crippen molar-refractivity contribution in [1.82, 2.24) is 20.0 Å². The summed E-state index contributed by atoms with van der Waals surface area (Å²) in [6.07, 6.45) is 3.41. The number of hydrogen-bond donors (Lipinski definition) is 2. The molecule has 2 saturated heterocycles. The molecule has 33 heavy (non-hydrogen) atoms. The van der Waals surface area contributed by atoms with E-state index >= 15 is 0 Å². The second-order valence-corrected chi connectivity index (χ2v) is 9.16. The van der Waals surface area contributed by atoms with Crippen molar-refractivity contribution in [2.24, 2.45) is 5.92 Å². The SMILES string of the molecule is CC1CCCCC12NC(=O)N(CC(=O)N1CCN(CC(=O)Nc3cccc(F)c3)CC1)C2=O. The summed E-state index contributed by atoms with van der Waals surface area (Å²) < 4.78 is 13.3. The highest BCUT2D eigenvalue weighted by Gasteiger charge is 2.55. The lowest BCUT2D eigenvalue weighted by Crippen LogP contribution is -2.55. The first kappa shape index (κ1) is 23.2. The number of anilines is 1. The highest BCUT2D eigenvalue weighted by Crippen LogP contribution is 2.38. The van der Waals surface area contributed by atoms with Gasteiger partial charge < -0.3 is 15.5 Å². The molecule has 1 aliphatic carbocycles. The Bertz CT molecular complexity index is 949. The monoisotopic (exact) mass is 459 g/mol. The fourth-order valence-corrected chi connectivity index (χ4v) is 5.00. The number of imide groups is 1. The minimum Gasteiger partial charge on any atom is -0.339 e. The maximum Gasteiger partial charge on any atom is 0.325 e. The Morgan fingerprint density at radius 1 is 1.15 bits per heavy atom. The summed E-state index contributed by atoms with van der Waals surface area (Å²) in [5, 5.41) is 5.53. The van der Waals surface area contributed by atoms with E-state index in [9.17, 15) is 23.6 Å². The molecule has 1 spiro atoms. The van der Waals surface area contributed by atoms with Crippen molar-refractivity contribution in [3.05, 3.63) is 30.1 Å². The molecule has 5 amide bonds. The van der Waals surface area contributed by atoms with E-state index in [-0.39, 0.29) is 36.7 Å². The molecule has 2 aliphatic heterocycles. The summed E-state index contributed by atoms with van der Waals surface area (Å²) in [6.45, 7) is 3.62. The molecule has 1 saturated carbocycles. The minimum absolute atomic E-state index is 0.0462. The fourth-order valence-electron chi connectivity index (χ4n) is 5.00. The van der Waals surface area contributed by atoms with Crippen LogP contribution >= 0.6 is 0 Å². The van der Waals surface area contributed by atoms with Crippen LogP contribution < -0.4 is 10.6 Å². The molecule has 4 rings (SSSR count). The quantitative estimate of drug-likeness (QED) is 0.649. The third-order valence-electron chi connectivity index (χ3n) is 7.00. The van der Waals surface area contributed by atoms with Crippen LogP contribution in [0.5, 0.6) is 0 Å². The van der Waals surface area contributed by atoms with Crippen LogP contribution in [0.15, 0.2) is 24.3 Å². The molecule has 2 heterocycles. The zero-order valence-corrected chi connectivity index (χ0v) is 18.8. The number of rotatable bonds is 5. The van der Waals surface area contributed by atoms with Gasteiger partial charge in [0.15, 0.2) is 0 Å². The molecule has 0 aromatic heterocycles. The molecular weight excluding hydrogens is 429 g/mol. The molecule has 2 atom stereocenters. The highest BCUT2D eigenvalue weighted by molar-refractivity contribution is 6.09. The Morgan fingerprint density at radius 3 is 2.61 bits per heavy atom. The second-order valence-electron chi connectivity index (χ2n) is 9.16. The summed E-state index contributed by atoms with van der Waals surface area (Å²) >= 11 is 0. The second kappa shape index (κ2) is 9.46. The third-order valence-corrected chi connectivity index (χ3v) is 7.00. The maximum absolute atomic E-state index is 13.3. The van der Waals surface area contributed by atoms with Crippen LogP contribution in [-0.4, -0.2) is 83.3 Å². The predicted molar refractivity (Wildman–Crippen MR) is 119 cm³/mol. The predicted octanol–water partition coefficient (Wildman–Crippen LogP) is 1.41. The molecular formula is C23H30FN5O4. The van der Waals surface area contributed by atoms with E-state index in [0.717, 1.165) is 24.2 Å². The largest absolute Gasteiger partial charge is 0.339 e. The first-order valence-corrected chi connectivity index (χ1v) is 11.5. The van der Waals surface area contributed by atoms with E-state index in [2.05, 4.69) is 10.6 Å². The molecule has 1 aromatic carbocycles. The topological polar surface area (TPSA) is 102 Å². The molecule has 178 valence electrons. The van der Waals surface area contributed by atoms with Gasteiger partial charge in [0.05, 0.1) is 6.54 Å². The van der Waals surface area contributed by atoms with Crippen LogP contribution in [0, 0.1) is 11.7 Å². The van der Waals surface area contributed by atoms with E-state index in [4.69, 9.17) is 0 Å². The first-order chi connectivity index (χ1) is 15.8. The van der Waals surface area contributed by atoms with Crippen molar-refractivity contribution >= 4 is 29.4 Å². The molecule has 1 aromatic rings. The number of nitrogens with zero attached hydrogens (tertiary/aromatic N) is 3. The van der Waals surface area contributed by atoms with Crippen LogP contribution in [0.3, 0.4) is 0 Å². The Balaban J connectivity index is 1.26. The van der Waals surface area contributed by atoms with Crippen LogP contribution in [-0.2, 0) is 14.4 Å². The van der Waals surface area contributed by atoms with Crippen molar-refractivity contribution in [3.8, 4) is 0 Å². The van der Waals surface area contributed by atoms with E-state index in [1.54, 1.807) is 11.0 Å². The Labute approximate surface area is 192 Å². The van der Waals surface area contributed by atoms with Gasteiger partial charge in [-0.15, -0.1) is 0 Å². The Morgan fingerprint density at radius 2 is 1.91 bits per heavy atom. The molecule has 2 unspecified atom stereocenters. The van der Waals surface area contributed by atoms with Crippen LogP contribution in [0.1, 0.15) is 32.6 Å². The number of halogens is 1. The number of benzene rings is 1. The summed E-state index contributed by atoms with van der Waals surface area (Å²) in [5.74, 6) is -1.20. The van der Waals surface area contributed by atoms with Crippen molar-refractivity contribution < 1.29 is 23.6 Å². The van der Waals surface area contributed by atoms with Gasteiger partial charge in [0.2, 0.25) is 11.8 Å². The summed E-state index contributed by atoms with van der Waals surface area (Å²) in [7, 11) is 0. The summed E-state index contributed by atoms with van der Waals surface area (Å²) in [4.78, 5) is 55.2. The maximum atomic E-state index is 13.3. The lowest BCUT2D eigenvalue weighted by atomic mass is 9.73. The number of hydrogen-bond acceptors (Lipinski definition) is 5. The van der Waals surface area contributed by atoms with Gasteiger partial charge in [0.25, 0.3) is 5.91 Å². The summed E-state index contributed by atoms with van der Waals surface area (Å²) in [6, 6.07) is 5.21. The Hall–Kier alpha value is -3.01. The average molecular weight is 460 g/mol. The van der Waals surface area contributed by atoms with Gasteiger partial charge in [-0.3, -0.25) is 24.2 Å². The molecule has 10 heteroatoms. The van der Waals surface area contributed by atoms with Gasteiger partial charge in [-0.2, -0.15) is 0 Å². The number of piperazine rings is 1. The van der Waals surface area contributed by atoms with Crippen molar-refractivity contribution in [3.63, 3.8) is 0 Å². The van der Waals surface area contributed by atoms with E-state index in [1.165, 1.54) is 18.2 Å². The summed E-state index contributed by atoms with van der Waals surface area (Å²) in [5.41, 5.74) is -0.476. The fraction of sp³-hybridized carbons (Fsp3) is 0.565. The number of nitrogens with one attached hydrogen (secondary N) is 2. The smallest absolute Gasteiger partial charge is 0.325 e. The van der Waals surface area contributed by atoms with Crippen molar-refractivity contribution in [2.45, 2.75) is 38.1 Å². The zero-order chi connectivity index (χ0) is 23.6. The van der Waals surface area contributed by atoms with E-state index < -0.39 is 17.4 Å². The van der Waals surface area contributed by atoms with Gasteiger partial charge in [-0.25, -0.2) is 9.18 Å². The van der Waals surface area contributed by atoms with Gasteiger partial charge in [0.1, 0.15) is 17.9 Å². The number of amides is 5. The average Bonchev–Trinajstić information content (AvgIpc) is 3.01. The molecule has 2 N–H and O–H groups in total. The van der Waals surface area contributed by atoms with Gasteiger partial charge >= 0.3 is 6.03 Å². The molecule has 0 bridgehead atoms. The van der Waals surface area contributed by atoms with E-state index in [0.29, 0.717) is 38.3 Å². The number of carbonyl (C=O) groups excluding carboxylic acids is 4. The van der Waals surface area contributed by atoms with Crippen LogP contribution in [0.4, 0.5) is 14.9 Å². The van der Waals surface area contributed by atoms with Crippen molar-refractivity contribution in [2.75, 3.05) is 44.6 Å². The third kappa shape index (κ3) is 4.85. The lowest BCUT2D eigenvalue weighted by molar-refractivity contribution is -0.141. The normalized spacial score (nSPS) is 25.9. The van der Waals surface area contributed by atoms with E-state index in [1.807, 2.05) is 11.8 Å². The lowest BCUT2D eigenvalue weighted by Gasteiger charge is -2.37. The first-order valence-electron chi connectivity index (χ1n) is 11.5. The zero-order valence-electron chi connectivity index (χ0n) is 18.8. The minimum atomic E-state index is -0.872. The number of carbonyl (C=O) groups is 4. The number of urea groups is 1. The van der Waals surface area contributed by atoms with Crippen LogP contribution in [0.2, 0.25) is 0 Å². The van der Waals surface area contributed by atoms with Gasteiger partial charge in [-0.05, 0) is 37.0 Å². The molecule has 9 nitrogen and oxygen atoms in total. The Kier molecular flexibility index (Phi) is 6.64. The molecule has 3 aliphatic rings. The van der Waals surface area contributed by atoms with Gasteiger partial charge in [-0.1, -0.05) is 25.8 Å². The van der Waals surface area contributed by atoms with Crippen molar-refractivity contribution in [1.29, 1.82) is 0 Å². The molecule has 3 fully saturated rings. The standard InChI is InChI=1S/C23H30FN5O4/c1-16-5-2-3-8-23(16)21(32)29(22(33)26-23)15-20(31)28-11-9-27(10-12-28)14-19(30)25-18-7-4-6-17(24)13-18/h4,6-7,13,16H,2-3,5,8-12,14-15H2,1H3,(H,25,30)(H,26,33). The van der Waals surface area contributed by atoms with Gasteiger partial charge in [0, 0.05) is 31.9 Å². The molecule has 0 radical (unpaired) electrons. The highest BCUT2D eigenvalue weighted by atomic mass is 19.1. The van der Waals surface area contributed by atoms with Crippen LogP contribution in [0.25, 0.3) is 0 Å².